The molecule has 3 heterocycles. The first kappa shape index (κ1) is 24.8. The molecule has 0 aliphatic carbocycles. The summed E-state index contributed by atoms with van der Waals surface area (Å²) in [5, 5.41) is 4.88. The molecule has 0 spiro atoms. The molecule has 5 aromatic rings. The van der Waals surface area contributed by atoms with Gasteiger partial charge in [-0.3, -0.25) is 9.69 Å². The number of aromatic nitrogens is 4. The van der Waals surface area contributed by atoms with E-state index in [0.717, 1.165) is 34.6 Å². The van der Waals surface area contributed by atoms with Crippen LogP contribution in [-0.4, -0.2) is 31.2 Å². The Morgan fingerprint density at radius 3 is 2.26 bits per heavy atom. The molecule has 1 aliphatic rings. The molecule has 0 amide bonds. The van der Waals surface area contributed by atoms with Crippen molar-refractivity contribution in [2.45, 2.75) is 25.7 Å². The Balaban J connectivity index is 1.27. The summed E-state index contributed by atoms with van der Waals surface area (Å²) in [6, 6.07) is 24.6. The predicted molar refractivity (Wildman–Crippen MR) is 142 cm³/mol. The van der Waals surface area contributed by atoms with Crippen molar-refractivity contribution in [3.8, 4) is 28.3 Å². The van der Waals surface area contributed by atoms with E-state index >= 15 is 0 Å². The SMILES string of the molecule is O=c1[nH]c(-c2ccc(C(F)(F)F)cc2)nc2c1CN(Cc1cn(-c3ccccc3)nc1-c1ccccc1)CC2. The maximum atomic E-state index is 13.0. The van der Waals surface area contributed by atoms with Crippen LogP contribution in [0, 0.1) is 0 Å². The number of aromatic amines is 1. The van der Waals surface area contributed by atoms with E-state index < -0.39 is 11.7 Å². The molecule has 6 nitrogen and oxygen atoms in total. The van der Waals surface area contributed by atoms with Gasteiger partial charge >= 0.3 is 6.18 Å². The Morgan fingerprint density at radius 1 is 0.872 bits per heavy atom. The number of H-pyrrole nitrogens is 1. The fourth-order valence-corrected chi connectivity index (χ4v) is 4.89. The number of hydrogen-bond donors (Lipinski definition) is 1. The topological polar surface area (TPSA) is 66.8 Å². The van der Waals surface area contributed by atoms with Gasteiger partial charge in [0, 0.05) is 48.9 Å². The minimum absolute atomic E-state index is 0.274. The molecule has 0 fully saturated rings. The summed E-state index contributed by atoms with van der Waals surface area (Å²) in [5.41, 5.74) is 4.57. The van der Waals surface area contributed by atoms with Crippen LogP contribution in [0.3, 0.4) is 0 Å². The number of benzene rings is 3. The van der Waals surface area contributed by atoms with Crippen LogP contribution >= 0.6 is 0 Å². The molecule has 2 aromatic heterocycles. The zero-order valence-corrected chi connectivity index (χ0v) is 20.8. The largest absolute Gasteiger partial charge is 0.416 e. The van der Waals surface area contributed by atoms with Gasteiger partial charge in [0.2, 0.25) is 0 Å². The molecular weight excluding hydrogens is 503 g/mol. The van der Waals surface area contributed by atoms with Gasteiger partial charge in [0.15, 0.2) is 0 Å². The molecule has 0 bridgehead atoms. The number of nitrogens with one attached hydrogen (secondary N) is 1. The molecule has 0 unspecified atom stereocenters. The van der Waals surface area contributed by atoms with Gasteiger partial charge in [-0.1, -0.05) is 60.7 Å². The van der Waals surface area contributed by atoms with Crippen LogP contribution in [0.4, 0.5) is 13.2 Å². The number of rotatable bonds is 5. The summed E-state index contributed by atoms with van der Waals surface area (Å²) in [6.07, 6.45) is -1.83. The first-order valence-corrected chi connectivity index (χ1v) is 12.6. The van der Waals surface area contributed by atoms with Crippen LogP contribution in [0.15, 0.2) is 95.9 Å². The van der Waals surface area contributed by atoms with Crippen molar-refractivity contribution in [3.05, 3.63) is 124 Å². The van der Waals surface area contributed by atoms with E-state index in [-0.39, 0.29) is 11.4 Å². The monoisotopic (exact) mass is 527 g/mol. The lowest BCUT2D eigenvalue weighted by atomic mass is 10.0. The molecule has 0 atom stereocenters. The fraction of sp³-hybridized carbons (Fsp3) is 0.167. The summed E-state index contributed by atoms with van der Waals surface area (Å²) < 4.78 is 40.7. The van der Waals surface area contributed by atoms with Gasteiger partial charge in [-0.15, -0.1) is 0 Å². The predicted octanol–water partition coefficient (Wildman–Crippen LogP) is 5.87. The van der Waals surface area contributed by atoms with E-state index in [4.69, 9.17) is 5.10 Å². The fourth-order valence-electron chi connectivity index (χ4n) is 4.89. The third kappa shape index (κ3) is 5.13. The Kier molecular flexibility index (Phi) is 6.36. The second-order valence-corrected chi connectivity index (χ2v) is 9.52. The van der Waals surface area contributed by atoms with Gasteiger partial charge in [-0.05, 0) is 24.3 Å². The van der Waals surface area contributed by atoms with Gasteiger partial charge < -0.3 is 4.98 Å². The molecule has 0 saturated carbocycles. The lowest BCUT2D eigenvalue weighted by Crippen LogP contribution is -2.35. The van der Waals surface area contributed by atoms with E-state index in [2.05, 4.69) is 14.9 Å². The smallest absolute Gasteiger partial charge is 0.306 e. The normalized spacial score (nSPS) is 13.8. The third-order valence-corrected chi connectivity index (χ3v) is 6.89. The quantitative estimate of drug-likeness (QED) is 0.311. The van der Waals surface area contributed by atoms with Crippen LogP contribution in [0.2, 0.25) is 0 Å². The van der Waals surface area contributed by atoms with Crippen molar-refractivity contribution in [1.29, 1.82) is 0 Å². The second kappa shape index (κ2) is 9.99. The van der Waals surface area contributed by atoms with Crippen molar-refractivity contribution in [1.82, 2.24) is 24.6 Å². The zero-order valence-electron chi connectivity index (χ0n) is 20.8. The lowest BCUT2D eigenvalue weighted by molar-refractivity contribution is -0.137. The molecule has 1 N–H and O–H groups in total. The highest BCUT2D eigenvalue weighted by Crippen LogP contribution is 2.31. The number of hydrogen-bond acceptors (Lipinski definition) is 4. The first-order chi connectivity index (χ1) is 18.8. The molecular formula is C30H24F3N5O. The van der Waals surface area contributed by atoms with Gasteiger partial charge in [0.1, 0.15) is 5.82 Å². The van der Waals surface area contributed by atoms with Gasteiger partial charge in [0.05, 0.1) is 28.2 Å². The third-order valence-electron chi connectivity index (χ3n) is 6.89. The molecule has 3 aromatic carbocycles. The van der Waals surface area contributed by atoms with Crippen molar-refractivity contribution in [2.24, 2.45) is 0 Å². The van der Waals surface area contributed by atoms with Gasteiger partial charge in [-0.25, -0.2) is 9.67 Å². The molecule has 196 valence electrons. The second-order valence-electron chi connectivity index (χ2n) is 9.52. The van der Waals surface area contributed by atoms with Crippen LogP contribution < -0.4 is 5.56 Å². The Bertz CT molecular complexity index is 1660. The number of para-hydroxylation sites is 1. The maximum absolute atomic E-state index is 13.0. The molecule has 9 heteroatoms. The Morgan fingerprint density at radius 2 is 1.56 bits per heavy atom. The van der Waals surface area contributed by atoms with Crippen molar-refractivity contribution in [3.63, 3.8) is 0 Å². The molecule has 0 radical (unpaired) electrons. The zero-order chi connectivity index (χ0) is 27.0. The number of alkyl halides is 3. The van der Waals surface area contributed by atoms with Crippen LogP contribution in [-0.2, 0) is 25.7 Å². The average molecular weight is 528 g/mol. The van der Waals surface area contributed by atoms with E-state index in [1.165, 1.54) is 12.1 Å². The molecule has 1 aliphatic heterocycles. The van der Waals surface area contributed by atoms with Crippen molar-refractivity contribution < 1.29 is 13.2 Å². The van der Waals surface area contributed by atoms with E-state index in [9.17, 15) is 18.0 Å². The summed E-state index contributed by atoms with van der Waals surface area (Å²) in [7, 11) is 0. The van der Waals surface area contributed by atoms with Gasteiger partial charge in [-0.2, -0.15) is 18.3 Å². The van der Waals surface area contributed by atoms with Crippen LogP contribution in [0.25, 0.3) is 28.3 Å². The number of nitrogens with zero attached hydrogens (tertiary/aromatic N) is 4. The Hall–Kier alpha value is -4.50. The minimum atomic E-state index is -4.42. The highest BCUT2D eigenvalue weighted by atomic mass is 19.4. The van der Waals surface area contributed by atoms with Gasteiger partial charge in [0.25, 0.3) is 5.56 Å². The molecule has 39 heavy (non-hydrogen) atoms. The van der Waals surface area contributed by atoms with Crippen LogP contribution in [0.5, 0.6) is 0 Å². The Labute approximate surface area is 222 Å². The first-order valence-electron chi connectivity index (χ1n) is 12.6. The molecule has 6 rings (SSSR count). The molecule has 0 saturated heterocycles. The van der Waals surface area contributed by atoms with E-state index in [1.54, 1.807) is 0 Å². The summed E-state index contributed by atoms with van der Waals surface area (Å²) in [4.78, 5) is 22.6. The maximum Gasteiger partial charge on any atom is 0.416 e. The summed E-state index contributed by atoms with van der Waals surface area (Å²) >= 11 is 0. The highest BCUT2D eigenvalue weighted by molar-refractivity contribution is 5.63. The van der Waals surface area contributed by atoms with Crippen molar-refractivity contribution >= 4 is 0 Å². The minimum Gasteiger partial charge on any atom is -0.306 e. The van der Waals surface area contributed by atoms with E-state index in [0.29, 0.717) is 42.9 Å². The van der Waals surface area contributed by atoms with E-state index in [1.807, 2.05) is 71.5 Å². The average Bonchev–Trinajstić information content (AvgIpc) is 3.37. The van der Waals surface area contributed by atoms with Crippen molar-refractivity contribution in [2.75, 3.05) is 6.54 Å². The lowest BCUT2D eigenvalue weighted by Gasteiger charge is -2.27. The highest BCUT2D eigenvalue weighted by Gasteiger charge is 2.30. The summed E-state index contributed by atoms with van der Waals surface area (Å²) in [5.74, 6) is 0.274. The standard InChI is InChI=1S/C30H24F3N5O/c31-30(32,33)23-13-11-21(12-14-23)28-34-26-15-16-37(19-25(26)29(39)35-28)17-22-18-38(24-9-5-2-6-10-24)36-27(22)20-7-3-1-4-8-20/h1-14,18H,15-17,19H2,(H,34,35,39). The number of halogens is 3. The number of fused-ring (bicyclic) bond motifs is 1. The van der Waals surface area contributed by atoms with Crippen LogP contribution in [0.1, 0.15) is 22.4 Å². The summed E-state index contributed by atoms with van der Waals surface area (Å²) in [6.45, 7) is 1.69.